The van der Waals surface area contributed by atoms with Gasteiger partial charge in [0.1, 0.15) is 0 Å². The minimum Gasteiger partial charge on any atom is -0.408 e. The van der Waals surface area contributed by atoms with Gasteiger partial charge in [-0.15, -0.1) is 0 Å². The molecule has 1 fully saturated rings. The lowest BCUT2D eigenvalue weighted by Gasteiger charge is -2.30. The summed E-state index contributed by atoms with van der Waals surface area (Å²) in [4.78, 5) is 19.0. The second kappa shape index (κ2) is 7.07. The average Bonchev–Trinajstić information content (AvgIpc) is 3.25. The standard InChI is InChI=1S/C19H24N4O3/c1-13(2)17-20-18(26-21-17)14-6-5-9-22(12-14)10-11-23-15-7-3-4-8-16(15)25-19(23)24/h3-4,7-8,13-14H,5-6,9-12H2,1-2H3/t14-/m0/s1. The van der Waals surface area contributed by atoms with Crippen molar-refractivity contribution in [2.45, 2.75) is 45.1 Å². The predicted molar refractivity (Wildman–Crippen MR) is 97.3 cm³/mol. The van der Waals surface area contributed by atoms with Crippen molar-refractivity contribution in [2.75, 3.05) is 19.6 Å². The number of piperidine rings is 1. The molecule has 7 nitrogen and oxygen atoms in total. The van der Waals surface area contributed by atoms with Crippen molar-refractivity contribution in [3.8, 4) is 0 Å². The molecule has 4 rings (SSSR count). The molecular weight excluding hydrogens is 332 g/mol. The first kappa shape index (κ1) is 17.0. The van der Waals surface area contributed by atoms with E-state index in [1.807, 2.05) is 24.3 Å². The van der Waals surface area contributed by atoms with Crippen molar-refractivity contribution in [1.82, 2.24) is 19.6 Å². The highest BCUT2D eigenvalue weighted by Crippen LogP contribution is 2.26. The molecule has 2 aromatic heterocycles. The molecule has 1 aliphatic heterocycles. The number of hydrogen-bond donors (Lipinski definition) is 0. The molecule has 0 radical (unpaired) electrons. The van der Waals surface area contributed by atoms with E-state index in [0.29, 0.717) is 12.1 Å². The van der Waals surface area contributed by atoms with Crippen LogP contribution < -0.4 is 5.76 Å². The third-order valence-corrected chi connectivity index (χ3v) is 5.04. The molecule has 1 aliphatic rings. The Morgan fingerprint density at radius 2 is 2.12 bits per heavy atom. The van der Waals surface area contributed by atoms with E-state index in [-0.39, 0.29) is 17.6 Å². The van der Waals surface area contributed by atoms with Crippen LogP contribution in [0.3, 0.4) is 0 Å². The fourth-order valence-corrected chi connectivity index (χ4v) is 3.57. The molecule has 0 N–H and O–H groups in total. The molecule has 26 heavy (non-hydrogen) atoms. The van der Waals surface area contributed by atoms with Gasteiger partial charge in [-0.3, -0.25) is 4.57 Å². The van der Waals surface area contributed by atoms with Gasteiger partial charge in [-0.1, -0.05) is 31.1 Å². The summed E-state index contributed by atoms with van der Waals surface area (Å²) in [5.74, 6) is 1.76. The molecule has 0 bridgehead atoms. The van der Waals surface area contributed by atoms with Crippen LogP contribution in [0, 0.1) is 0 Å². The van der Waals surface area contributed by atoms with Gasteiger partial charge in [0.25, 0.3) is 0 Å². The van der Waals surface area contributed by atoms with Crippen molar-refractivity contribution >= 4 is 11.1 Å². The highest BCUT2D eigenvalue weighted by Gasteiger charge is 2.26. The molecule has 0 amide bonds. The number of benzene rings is 1. The minimum absolute atomic E-state index is 0.265. The largest absolute Gasteiger partial charge is 0.419 e. The number of rotatable bonds is 5. The molecule has 0 aliphatic carbocycles. The lowest BCUT2D eigenvalue weighted by atomic mass is 9.98. The summed E-state index contributed by atoms with van der Waals surface area (Å²) >= 11 is 0. The van der Waals surface area contributed by atoms with Gasteiger partial charge in [-0.05, 0) is 31.5 Å². The molecule has 0 saturated carbocycles. The summed E-state index contributed by atoms with van der Waals surface area (Å²) in [6.07, 6.45) is 2.15. The summed E-state index contributed by atoms with van der Waals surface area (Å²) in [6.45, 7) is 7.44. The molecule has 7 heteroatoms. The van der Waals surface area contributed by atoms with Crippen molar-refractivity contribution < 1.29 is 8.94 Å². The fraction of sp³-hybridized carbons (Fsp3) is 0.526. The maximum absolute atomic E-state index is 12.1. The number of aromatic nitrogens is 3. The van der Waals surface area contributed by atoms with Crippen LogP contribution in [0.4, 0.5) is 0 Å². The highest BCUT2D eigenvalue weighted by atomic mass is 16.5. The molecular formula is C19H24N4O3. The first-order valence-electron chi connectivity index (χ1n) is 9.26. The number of para-hydroxylation sites is 2. The topological polar surface area (TPSA) is 77.3 Å². The van der Waals surface area contributed by atoms with Gasteiger partial charge in [0.2, 0.25) is 5.89 Å². The van der Waals surface area contributed by atoms with Gasteiger partial charge in [0.05, 0.1) is 11.4 Å². The number of nitrogens with zero attached hydrogens (tertiary/aromatic N) is 4. The Balaban J connectivity index is 1.43. The van der Waals surface area contributed by atoms with Crippen molar-refractivity contribution in [3.05, 3.63) is 46.5 Å². The van der Waals surface area contributed by atoms with E-state index in [9.17, 15) is 4.79 Å². The monoisotopic (exact) mass is 356 g/mol. The molecule has 138 valence electrons. The van der Waals surface area contributed by atoms with Gasteiger partial charge in [-0.2, -0.15) is 4.98 Å². The first-order chi connectivity index (χ1) is 12.6. The summed E-state index contributed by atoms with van der Waals surface area (Å²) in [6, 6.07) is 7.55. The number of oxazole rings is 1. The Hall–Kier alpha value is -2.41. The Morgan fingerprint density at radius 1 is 1.27 bits per heavy atom. The number of likely N-dealkylation sites (tertiary alicyclic amines) is 1. The van der Waals surface area contributed by atoms with Gasteiger partial charge < -0.3 is 13.8 Å². The molecule has 0 unspecified atom stereocenters. The van der Waals surface area contributed by atoms with Crippen LogP contribution in [0.25, 0.3) is 11.1 Å². The summed E-state index contributed by atoms with van der Waals surface area (Å²) < 4.78 is 12.5. The second-order valence-corrected chi connectivity index (χ2v) is 7.27. The average molecular weight is 356 g/mol. The van der Waals surface area contributed by atoms with E-state index in [2.05, 4.69) is 28.9 Å². The van der Waals surface area contributed by atoms with Crippen LogP contribution in [-0.4, -0.2) is 39.2 Å². The zero-order valence-corrected chi connectivity index (χ0v) is 15.2. The van der Waals surface area contributed by atoms with Crippen LogP contribution in [0.15, 0.2) is 38.0 Å². The third-order valence-electron chi connectivity index (χ3n) is 5.04. The zero-order chi connectivity index (χ0) is 18.1. The second-order valence-electron chi connectivity index (χ2n) is 7.27. The van der Waals surface area contributed by atoms with Crippen molar-refractivity contribution in [2.24, 2.45) is 0 Å². The van der Waals surface area contributed by atoms with Gasteiger partial charge in [0, 0.05) is 25.6 Å². The summed E-state index contributed by atoms with van der Waals surface area (Å²) in [7, 11) is 0. The molecule has 3 aromatic rings. The highest BCUT2D eigenvalue weighted by molar-refractivity contribution is 5.72. The molecule has 1 saturated heterocycles. The SMILES string of the molecule is CC(C)c1noc([C@H]2CCCN(CCn3c(=O)oc4ccccc43)C2)n1. The van der Waals surface area contributed by atoms with Crippen LogP contribution in [0.5, 0.6) is 0 Å². The molecule has 1 atom stereocenters. The smallest absolute Gasteiger partial charge is 0.408 e. The van der Waals surface area contributed by atoms with Crippen LogP contribution in [-0.2, 0) is 6.54 Å². The lowest BCUT2D eigenvalue weighted by molar-refractivity contribution is 0.181. The number of fused-ring (bicyclic) bond motifs is 1. The van der Waals surface area contributed by atoms with Gasteiger partial charge in [0.15, 0.2) is 11.4 Å². The van der Waals surface area contributed by atoms with E-state index in [0.717, 1.165) is 49.7 Å². The third kappa shape index (κ3) is 3.31. The first-order valence-corrected chi connectivity index (χ1v) is 9.26. The fourth-order valence-electron chi connectivity index (χ4n) is 3.57. The molecule has 0 spiro atoms. The Kier molecular flexibility index (Phi) is 4.63. The van der Waals surface area contributed by atoms with E-state index < -0.39 is 0 Å². The van der Waals surface area contributed by atoms with Crippen molar-refractivity contribution in [1.29, 1.82) is 0 Å². The van der Waals surface area contributed by atoms with E-state index >= 15 is 0 Å². The summed E-state index contributed by atoms with van der Waals surface area (Å²) in [5.41, 5.74) is 1.49. The Labute approximate surface area is 151 Å². The lowest BCUT2D eigenvalue weighted by Crippen LogP contribution is -2.37. The Bertz CT molecular complexity index is 940. The summed E-state index contributed by atoms with van der Waals surface area (Å²) in [5, 5.41) is 4.09. The maximum Gasteiger partial charge on any atom is 0.419 e. The number of hydrogen-bond acceptors (Lipinski definition) is 6. The van der Waals surface area contributed by atoms with Crippen LogP contribution in [0.2, 0.25) is 0 Å². The Morgan fingerprint density at radius 3 is 2.92 bits per heavy atom. The molecule has 1 aromatic carbocycles. The maximum atomic E-state index is 12.1. The van der Waals surface area contributed by atoms with Gasteiger partial charge in [-0.25, -0.2) is 4.79 Å². The van der Waals surface area contributed by atoms with E-state index in [1.165, 1.54) is 0 Å². The molecule has 3 heterocycles. The van der Waals surface area contributed by atoms with E-state index in [4.69, 9.17) is 8.94 Å². The normalized spacial score (nSPS) is 18.8. The van der Waals surface area contributed by atoms with Crippen LogP contribution in [0.1, 0.15) is 50.2 Å². The zero-order valence-electron chi connectivity index (χ0n) is 15.2. The van der Waals surface area contributed by atoms with Gasteiger partial charge >= 0.3 is 5.76 Å². The quantitative estimate of drug-likeness (QED) is 0.699. The predicted octanol–water partition coefficient (Wildman–Crippen LogP) is 2.98. The minimum atomic E-state index is -0.293. The van der Waals surface area contributed by atoms with Crippen LogP contribution >= 0.6 is 0 Å². The van der Waals surface area contributed by atoms with Crippen molar-refractivity contribution in [3.63, 3.8) is 0 Å². The van der Waals surface area contributed by atoms with E-state index in [1.54, 1.807) is 4.57 Å².